The van der Waals surface area contributed by atoms with Crippen LogP contribution in [0.4, 0.5) is 0 Å². The summed E-state index contributed by atoms with van der Waals surface area (Å²) in [4.78, 5) is 0. The summed E-state index contributed by atoms with van der Waals surface area (Å²) in [6.07, 6.45) is 2.03. The van der Waals surface area contributed by atoms with E-state index in [1.54, 1.807) is 0 Å². The Morgan fingerprint density at radius 3 is 2.26 bits per heavy atom. The number of hydrogen-bond acceptors (Lipinski definition) is 1. The van der Waals surface area contributed by atoms with Crippen LogP contribution in [0, 0.1) is 5.41 Å². The van der Waals surface area contributed by atoms with Crippen LogP contribution in [0.1, 0.15) is 46.6 Å². The van der Waals surface area contributed by atoms with Crippen molar-refractivity contribution >= 4 is 23.2 Å². The lowest BCUT2D eigenvalue weighted by Crippen LogP contribution is -2.43. The van der Waals surface area contributed by atoms with Gasteiger partial charge in [-0.15, -0.1) is 0 Å². The minimum Gasteiger partial charge on any atom is -0.312 e. The number of rotatable bonds is 5. The van der Waals surface area contributed by atoms with Crippen molar-refractivity contribution in [2.45, 2.75) is 53.0 Å². The van der Waals surface area contributed by atoms with Gasteiger partial charge in [0.05, 0.1) is 0 Å². The summed E-state index contributed by atoms with van der Waals surface area (Å²) in [5.74, 6) is 0. The lowest BCUT2D eigenvalue weighted by atomic mass is 9.80. The molecule has 0 aliphatic rings. The van der Waals surface area contributed by atoms with Gasteiger partial charge in [-0.25, -0.2) is 0 Å². The third kappa shape index (κ3) is 5.72. The first-order chi connectivity index (χ1) is 8.65. The largest absolute Gasteiger partial charge is 0.312 e. The van der Waals surface area contributed by atoms with Gasteiger partial charge in [0, 0.05) is 22.1 Å². The fraction of sp³-hybridized carbons (Fsp3) is 0.625. The van der Waals surface area contributed by atoms with E-state index in [0.29, 0.717) is 0 Å². The Morgan fingerprint density at radius 2 is 1.74 bits per heavy atom. The van der Waals surface area contributed by atoms with Crippen LogP contribution >= 0.6 is 23.2 Å². The highest BCUT2D eigenvalue weighted by Crippen LogP contribution is 2.31. The topological polar surface area (TPSA) is 12.0 Å². The standard InChI is InChI=1S/C16H25Cl2N/c1-6-16(5,11-19-15(2,3)4)10-12-9-13(17)7-8-14(12)18/h7-9,19H,6,10-11H2,1-5H3. The molecule has 1 atom stereocenters. The third-order valence-corrected chi connectivity index (χ3v) is 4.13. The Morgan fingerprint density at radius 1 is 1.11 bits per heavy atom. The van der Waals surface area contributed by atoms with E-state index in [1.165, 1.54) is 0 Å². The highest BCUT2D eigenvalue weighted by molar-refractivity contribution is 6.33. The van der Waals surface area contributed by atoms with Gasteiger partial charge < -0.3 is 5.32 Å². The molecule has 0 aliphatic heterocycles. The van der Waals surface area contributed by atoms with Crippen LogP contribution in [-0.2, 0) is 6.42 Å². The van der Waals surface area contributed by atoms with Gasteiger partial charge in [0.1, 0.15) is 0 Å². The SMILES string of the molecule is CCC(C)(CNC(C)(C)C)Cc1cc(Cl)ccc1Cl. The summed E-state index contributed by atoms with van der Waals surface area (Å²) in [6, 6.07) is 5.70. The van der Waals surface area contributed by atoms with Gasteiger partial charge in [-0.2, -0.15) is 0 Å². The molecule has 0 aromatic heterocycles. The van der Waals surface area contributed by atoms with Crippen molar-refractivity contribution in [1.29, 1.82) is 0 Å². The van der Waals surface area contributed by atoms with Gasteiger partial charge in [0.25, 0.3) is 0 Å². The average Bonchev–Trinajstić information content (AvgIpc) is 2.31. The first-order valence-corrected chi connectivity index (χ1v) is 7.60. The Labute approximate surface area is 127 Å². The smallest absolute Gasteiger partial charge is 0.0439 e. The first kappa shape index (κ1) is 16.8. The fourth-order valence-electron chi connectivity index (χ4n) is 1.93. The van der Waals surface area contributed by atoms with Crippen LogP contribution in [0.5, 0.6) is 0 Å². The zero-order valence-electron chi connectivity index (χ0n) is 12.6. The molecule has 0 spiro atoms. The van der Waals surface area contributed by atoms with Crippen LogP contribution in [0.15, 0.2) is 18.2 Å². The highest BCUT2D eigenvalue weighted by Gasteiger charge is 2.25. The lowest BCUT2D eigenvalue weighted by molar-refractivity contribution is 0.255. The van der Waals surface area contributed by atoms with Crippen molar-refractivity contribution in [3.05, 3.63) is 33.8 Å². The Bertz CT molecular complexity index is 423. The van der Waals surface area contributed by atoms with Crippen LogP contribution in [0.2, 0.25) is 10.0 Å². The normalized spacial score (nSPS) is 15.3. The quantitative estimate of drug-likeness (QED) is 0.774. The van der Waals surface area contributed by atoms with E-state index in [1.807, 2.05) is 18.2 Å². The van der Waals surface area contributed by atoms with E-state index in [9.17, 15) is 0 Å². The minimum atomic E-state index is 0.133. The number of nitrogens with one attached hydrogen (secondary N) is 1. The second kappa shape index (κ2) is 6.47. The molecule has 0 amide bonds. The van der Waals surface area contributed by atoms with Crippen molar-refractivity contribution in [3.8, 4) is 0 Å². The summed E-state index contributed by atoms with van der Waals surface area (Å²) >= 11 is 12.3. The molecule has 0 fully saturated rings. The molecule has 0 heterocycles. The minimum absolute atomic E-state index is 0.133. The van der Waals surface area contributed by atoms with E-state index in [0.717, 1.165) is 35.0 Å². The molecule has 1 N–H and O–H groups in total. The molecule has 0 bridgehead atoms. The van der Waals surface area contributed by atoms with Crippen molar-refractivity contribution in [3.63, 3.8) is 0 Å². The molecule has 0 radical (unpaired) electrons. The zero-order valence-corrected chi connectivity index (χ0v) is 14.1. The van der Waals surface area contributed by atoms with Gasteiger partial charge in [0.15, 0.2) is 0 Å². The first-order valence-electron chi connectivity index (χ1n) is 6.84. The van der Waals surface area contributed by atoms with E-state index in [-0.39, 0.29) is 11.0 Å². The molecule has 1 rings (SSSR count). The van der Waals surface area contributed by atoms with E-state index < -0.39 is 0 Å². The third-order valence-electron chi connectivity index (χ3n) is 3.52. The van der Waals surface area contributed by atoms with Gasteiger partial charge >= 0.3 is 0 Å². The van der Waals surface area contributed by atoms with Crippen LogP contribution in [0.25, 0.3) is 0 Å². The summed E-state index contributed by atoms with van der Waals surface area (Å²) in [6.45, 7) is 12.1. The second-order valence-corrected chi connectivity index (χ2v) is 7.52. The maximum Gasteiger partial charge on any atom is 0.0439 e. The maximum absolute atomic E-state index is 6.27. The van der Waals surface area contributed by atoms with Crippen LogP contribution in [0.3, 0.4) is 0 Å². The summed E-state index contributed by atoms with van der Waals surface area (Å²) in [5.41, 5.74) is 1.45. The Balaban J connectivity index is 2.82. The molecule has 19 heavy (non-hydrogen) atoms. The van der Waals surface area contributed by atoms with Gasteiger partial charge in [-0.05, 0) is 62.8 Å². The highest BCUT2D eigenvalue weighted by atomic mass is 35.5. The molecule has 108 valence electrons. The van der Waals surface area contributed by atoms with Crippen LogP contribution in [-0.4, -0.2) is 12.1 Å². The predicted octanol–water partition coefficient (Wildman–Crippen LogP) is 5.34. The zero-order chi connectivity index (χ0) is 14.7. The van der Waals surface area contributed by atoms with E-state index >= 15 is 0 Å². The predicted molar refractivity (Wildman–Crippen MR) is 86.3 cm³/mol. The van der Waals surface area contributed by atoms with Crippen LogP contribution < -0.4 is 5.32 Å². The number of benzene rings is 1. The molecule has 1 aromatic carbocycles. The molecule has 0 saturated heterocycles. The van der Waals surface area contributed by atoms with E-state index in [2.05, 4.69) is 39.9 Å². The molecule has 0 aliphatic carbocycles. The van der Waals surface area contributed by atoms with Gasteiger partial charge in [0.2, 0.25) is 0 Å². The van der Waals surface area contributed by atoms with Gasteiger partial charge in [-0.1, -0.05) is 37.0 Å². The monoisotopic (exact) mass is 301 g/mol. The van der Waals surface area contributed by atoms with Gasteiger partial charge in [-0.3, -0.25) is 0 Å². The van der Waals surface area contributed by atoms with Crippen molar-refractivity contribution in [2.24, 2.45) is 5.41 Å². The Hall–Kier alpha value is -0.240. The molecular weight excluding hydrogens is 277 g/mol. The second-order valence-electron chi connectivity index (χ2n) is 6.68. The lowest BCUT2D eigenvalue weighted by Gasteiger charge is -2.33. The molecule has 3 heteroatoms. The van der Waals surface area contributed by atoms with Crippen molar-refractivity contribution in [1.82, 2.24) is 5.32 Å². The summed E-state index contributed by atoms with van der Waals surface area (Å²) in [7, 11) is 0. The molecule has 0 saturated carbocycles. The van der Waals surface area contributed by atoms with E-state index in [4.69, 9.17) is 23.2 Å². The number of hydrogen-bond donors (Lipinski definition) is 1. The van der Waals surface area contributed by atoms with Crippen molar-refractivity contribution < 1.29 is 0 Å². The molecule has 1 unspecified atom stereocenters. The summed E-state index contributed by atoms with van der Waals surface area (Å²) in [5, 5.41) is 5.15. The number of halogens is 2. The fourth-order valence-corrected chi connectivity index (χ4v) is 2.31. The van der Waals surface area contributed by atoms with Crippen molar-refractivity contribution in [2.75, 3.05) is 6.54 Å². The average molecular weight is 302 g/mol. The Kier molecular flexibility index (Phi) is 5.73. The maximum atomic E-state index is 6.27. The summed E-state index contributed by atoms with van der Waals surface area (Å²) < 4.78 is 0. The molecular formula is C16H25Cl2N. The molecule has 1 aromatic rings. The molecule has 1 nitrogen and oxygen atoms in total.